The summed E-state index contributed by atoms with van der Waals surface area (Å²) in [5.74, 6) is -2.76. The highest BCUT2D eigenvalue weighted by Crippen LogP contribution is 2.26. The molecule has 2 N–H and O–H groups in total. The maximum Gasteiger partial charge on any atom is 0.490 e. The Morgan fingerprint density at radius 1 is 1.50 bits per heavy atom. The largest absolute Gasteiger partial charge is 0.490 e. The Kier molecular flexibility index (Phi) is 7.49. The molecular weight excluding hydrogens is 347 g/mol. The Morgan fingerprint density at radius 3 is 2.58 bits per heavy atom. The van der Waals surface area contributed by atoms with Gasteiger partial charge in [-0.2, -0.15) is 18.3 Å². The van der Waals surface area contributed by atoms with Crippen LogP contribution in [0.5, 0.6) is 0 Å². The van der Waals surface area contributed by atoms with Crippen LogP contribution in [0.15, 0.2) is 17.8 Å². The lowest BCUT2D eigenvalue weighted by Gasteiger charge is -2.24. The van der Waals surface area contributed by atoms with Crippen LogP contribution in [0, 0.1) is 0 Å². The van der Waals surface area contributed by atoms with Gasteiger partial charge in [0.05, 0.1) is 5.69 Å². The van der Waals surface area contributed by atoms with Gasteiger partial charge in [0.2, 0.25) is 0 Å². The summed E-state index contributed by atoms with van der Waals surface area (Å²) < 4.78 is 33.6. The van der Waals surface area contributed by atoms with Crippen LogP contribution in [-0.4, -0.2) is 50.5 Å². The molecule has 10 heteroatoms. The van der Waals surface area contributed by atoms with E-state index in [0.717, 1.165) is 25.2 Å². The lowest BCUT2D eigenvalue weighted by molar-refractivity contribution is -0.192. The minimum Gasteiger partial charge on any atom is -0.475 e. The molecule has 1 saturated heterocycles. The average molecular weight is 365 g/mol. The molecule has 1 aliphatic rings. The number of aromatic nitrogens is 2. The van der Waals surface area contributed by atoms with Gasteiger partial charge in [-0.15, -0.1) is 0 Å². The summed E-state index contributed by atoms with van der Waals surface area (Å²) in [6, 6.07) is 1.98. The van der Waals surface area contributed by atoms with Gasteiger partial charge in [-0.1, -0.05) is 11.8 Å². The minimum atomic E-state index is -5.08. The summed E-state index contributed by atoms with van der Waals surface area (Å²) in [6.45, 7) is 3.47. The van der Waals surface area contributed by atoms with Gasteiger partial charge in [0, 0.05) is 32.0 Å². The van der Waals surface area contributed by atoms with Crippen molar-refractivity contribution in [2.24, 2.45) is 7.05 Å². The number of aryl methyl sites for hydroxylation is 1. The second-order valence-electron chi connectivity index (χ2n) is 4.97. The van der Waals surface area contributed by atoms with Gasteiger partial charge in [-0.25, -0.2) is 4.79 Å². The zero-order valence-electron chi connectivity index (χ0n) is 13.1. The Bertz CT molecular complexity index is 614. The Hall–Kier alpha value is -1.81. The molecule has 134 valence electrons. The summed E-state index contributed by atoms with van der Waals surface area (Å²) in [5.41, 5.74) is 2.36. The number of aliphatic carboxylic acids is 1. The summed E-state index contributed by atoms with van der Waals surface area (Å²) in [7, 11) is 1.93. The monoisotopic (exact) mass is 365 g/mol. The molecule has 0 amide bonds. The molecule has 1 aromatic heterocycles. The number of carboxylic acid groups (broad SMARTS) is 1. The van der Waals surface area contributed by atoms with Gasteiger partial charge in [-0.05, 0) is 30.7 Å². The molecule has 0 radical (unpaired) electrons. The minimum absolute atomic E-state index is 0.188. The smallest absolute Gasteiger partial charge is 0.475 e. The van der Waals surface area contributed by atoms with Crippen molar-refractivity contribution >= 4 is 28.9 Å². The van der Waals surface area contributed by atoms with E-state index in [1.165, 1.54) is 17.3 Å². The number of hydrogen-bond acceptors (Lipinski definition) is 5. The molecule has 2 rings (SSSR count). The van der Waals surface area contributed by atoms with Crippen LogP contribution < -0.4 is 5.32 Å². The molecule has 24 heavy (non-hydrogen) atoms. The number of carbonyl (C=O) groups is 2. The third-order valence-corrected chi connectivity index (χ3v) is 4.22. The number of alkyl halides is 3. The van der Waals surface area contributed by atoms with Gasteiger partial charge in [0.15, 0.2) is 5.12 Å². The maximum atomic E-state index is 11.2. The molecule has 0 saturated carbocycles. The number of nitrogens with one attached hydrogen (secondary N) is 1. The van der Waals surface area contributed by atoms with Crippen LogP contribution >= 0.6 is 11.8 Å². The number of carboxylic acids is 1. The van der Waals surface area contributed by atoms with Crippen LogP contribution in [0.25, 0.3) is 6.08 Å². The first-order chi connectivity index (χ1) is 11.1. The van der Waals surface area contributed by atoms with E-state index in [4.69, 9.17) is 9.90 Å². The molecule has 0 aliphatic carbocycles. The van der Waals surface area contributed by atoms with Crippen LogP contribution in [0.2, 0.25) is 0 Å². The number of piperidine rings is 1. The fraction of sp³-hybridized carbons (Fsp3) is 0.500. The molecule has 6 nitrogen and oxygen atoms in total. The van der Waals surface area contributed by atoms with E-state index in [1.807, 2.05) is 17.8 Å². The van der Waals surface area contributed by atoms with Crippen molar-refractivity contribution in [3.8, 4) is 0 Å². The predicted molar refractivity (Wildman–Crippen MR) is 84.4 cm³/mol. The first kappa shape index (κ1) is 20.2. The van der Waals surface area contributed by atoms with Crippen LogP contribution in [0.3, 0.4) is 0 Å². The number of nitrogens with zero attached hydrogens (tertiary/aromatic N) is 2. The summed E-state index contributed by atoms with van der Waals surface area (Å²) in [4.78, 5) is 20.1. The van der Waals surface area contributed by atoms with Gasteiger partial charge >= 0.3 is 12.1 Å². The zero-order chi connectivity index (χ0) is 18.3. The second-order valence-corrected chi connectivity index (χ2v) is 6.35. The molecule has 1 unspecified atom stereocenters. The van der Waals surface area contributed by atoms with Gasteiger partial charge in [0.25, 0.3) is 0 Å². The fourth-order valence-corrected chi connectivity index (χ4v) is 2.90. The molecule has 2 heterocycles. The number of thioether (sulfide) groups is 1. The molecule has 1 atom stereocenters. The third-order valence-electron chi connectivity index (χ3n) is 3.07. The number of halogens is 3. The van der Waals surface area contributed by atoms with E-state index >= 15 is 0 Å². The topological polar surface area (TPSA) is 84.2 Å². The van der Waals surface area contributed by atoms with Gasteiger partial charge < -0.3 is 10.4 Å². The maximum absolute atomic E-state index is 11.2. The lowest BCUT2D eigenvalue weighted by Crippen LogP contribution is -2.32. The SMILES string of the molecule is CC(=O)SC1CCNCC1=Cc1ccnn1C.O=C(O)C(F)(F)F. The van der Waals surface area contributed by atoms with Gasteiger partial charge in [-0.3, -0.25) is 9.48 Å². The van der Waals surface area contributed by atoms with E-state index in [1.54, 1.807) is 13.1 Å². The first-order valence-electron chi connectivity index (χ1n) is 6.97. The third kappa shape index (κ3) is 6.75. The number of rotatable bonds is 2. The van der Waals surface area contributed by atoms with Crippen molar-refractivity contribution in [2.45, 2.75) is 24.8 Å². The first-order valence-corrected chi connectivity index (χ1v) is 7.85. The molecule has 0 spiro atoms. The Labute approximate surface area is 141 Å². The van der Waals surface area contributed by atoms with E-state index in [2.05, 4.69) is 16.5 Å². The summed E-state index contributed by atoms with van der Waals surface area (Å²) >= 11 is 1.43. The zero-order valence-corrected chi connectivity index (χ0v) is 13.9. The quantitative estimate of drug-likeness (QED) is 0.835. The van der Waals surface area contributed by atoms with Crippen molar-refractivity contribution in [1.29, 1.82) is 0 Å². The number of hydrogen-bond donors (Lipinski definition) is 2. The lowest BCUT2D eigenvalue weighted by atomic mass is 10.0. The van der Waals surface area contributed by atoms with E-state index in [0.29, 0.717) is 5.25 Å². The normalized spacial score (nSPS) is 19.5. The molecule has 1 aromatic rings. The van der Waals surface area contributed by atoms with Crippen molar-refractivity contribution < 1.29 is 27.9 Å². The Morgan fingerprint density at radius 2 is 2.12 bits per heavy atom. The van der Waals surface area contributed by atoms with Crippen molar-refractivity contribution in [1.82, 2.24) is 15.1 Å². The fourth-order valence-electron chi connectivity index (χ4n) is 1.96. The molecular formula is C14H18F3N3O3S. The highest BCUT2D eigenvalue weighted by atomic mass is 32.2. The molecule has 1 aliphatic heterocycles. The van der Waals surface area contributed by atoms with Crippen LogP contribution in [0.1, 0.15) is 19.0 Å². The summed E-state index contributed by atoms with van der Waals surface area (Å²) in [5, 5.41) is 15.1. The standard InChI is InChI=1S/C12H17N3OS.C2HF3O2/c1-9(16)17-12-4-5-13-8-10(12)7-11-3-6-14-15(11)2;3-2(4,5)1(6)7/h3,6-7,12-13H,4-5,8H2,1-2H3;(H,6,7). The number of carbonyl (C=O) groups excluding carboxylic acids is 1. The van der Waals surface area contributed by atoms with E-state index < -0.39 is 12.1 Å². The molecule has 0 aromatic carbocycles. The second kappa shape index (κ2) is 8.88. The van der Waals surface area contributed by atoms with Crippen molar-refractivity contribution in [2.75, 3.05) is 13.1 Å². The highest BCUT2D eigenvalue weighted by molar-refractivity contribution is 8.14. The highest BCUT2D eigenvalue weighted by Gasteiger charge is 2.38. The van der Waals surface area contributed by atoms with E-state index in [-0.39, 0.29) is 5.12 Å². The van der Waals surface area contributed by atoms with Gasteiger partial charge in [0.1, 0.15) is 0 Å². The Balaban J connectivity index is 0.000000351. The molecule has 1 fully saturated rings. The average Bonchev–Trinajstić information content (AvgIpc) is 2.85. The van der Waals surface area contributed by atoms with Crippen LogP contribution in [0.4, 0.5) is 13.2 Å². The molecule has 0 bridgehead atoms. The van der Waals surface area contributed by atoms with Crippen molar-refractivity contribution in [3.05, 3.63) is 23.5 Å². The predicted octanol–water partition coefficient (Wildman–Crippen LogP) is 2.08. The van der Waals surface area contributed by atoms with Crippen LogP contribution in [-0.2, 0) is 16.6 Å². The summed E-state index contributed by atoms with van der Waals surface area (Å²) in [6.07, 6.45) is -0.149. The van der Waals surface area contributed by atoms with E-state index in [9.17, 15) is 18.0 Å². The van der Waals surface area contributed by atoms with Crippen molar-refractivity contribution in [3.63, 3.8) is 0 Å².